The third-order valence-electron chi connectivity index (χ3n) is 2.45. The number of hydrogen-bond acceptors (Lipinski definition) is 1. The first-order chi connectivity index (χ1) is 7.74. The summed E-state index contributed by atoms with van der Waals surface area (Å²) >= 11 is 0. The van der Waals surface area contributed by atoms with Crippen LogP contribution in [0, 0.1) is 13.8 Å². The number of benzene rings is 2. The first-order valence-corrected chi connectivity index (χ1v) is 5.34. The van der Waals surface area contributed by atoms with Crippen LogP contribution in [-0.4, -0.2) is 0 Å². The summed E-state index contributed by atoms with van der Waals surface area (Å²) in [6.45, 7) is 6.52. The zero-order valence-corrected chi connectivity index (χ0v) is 12.8. The fourth-order valence-corrected chi connectivity index (χ4v) is 1.44. The molecule has 0 heterocycles. The molecule has 0 N–H and O–H groups in total. The zero-order valence-electron chi connectivity index (χ0n) is 9.85. The van der Waals surface area contributed by atoms with Crippen LogP contribution in [0.3, 0.4) is 0 Å². The Morgan fingerprint density at radius 2 is 1.53 bits per heavy atom. The van der Waals surface area contributed by atoms with Crippen LogP contribution < -0.4 is 4.74 Å². The molecule has 2 heteroatoms. The Bertz CT molecular complexity index is 400. The molecule has 17 heavy (non-hydrogen) atoms. The van der Waals surface area contributed by atoms with Gasteiger partial charge in [-0.05, 0) is 12.5 Å². The van der Waals surface area contributed by atoms with E-state index in [2.05, 4.69) is 38.1 Å². The molecule has 2 aromatic carbocycles. The predicted octanol–water partition coefficient (Wildman–Crippen LogP) is 3.75. The van der Waals surface area contributed by atoms with Gasteiger partial charge in [-0.2, -0.15) is 24.6 Å². The molecule has 0 fully saturated rings. The summed E-state index contributed by atoms with van der Waals surface area (Å²) < 4.78 is 5.66. The molecule has 0 aromatic heterocycles. The van der Waals surface area contributed by atoms with Crippen molar-refractivity contribution in [1.29, 1.82) is 0 Å². The van der Waals surface area contributed by atoms with Crippen molar-refractivity contribution < 1.29 is 25.8 Å². The van der Waals surface area contributed by atoms with Crippen LogP contribution in [0.15, 0.2) is 48.5 Å². The molecule has 0 aliphatic heterocycles. The molecule has 86 valence electrons. The van der Waals surface area contributed by atoms with Crippen molar-refractivity contribution in [3.05, 3.63) is 72.1 Å². The number of rotatable bonds is 3. The molecule has 0 saturated carbocycles. The largest absolute Gasteiger partial charge is 2.00 e. The Hall–Kier alpha value is -1.20. The maximum absolute atomic E-state index is 5.66. The Labute approximate surface area is 117 Å². The van der Waals surface area contributed by atoms with Gasteiger partial charge in [0.05, 0.1) is 5.75 Å². The van der Waals surface area contributed by atoms with Crippen LogP contribution in [0.5, 0.6) is 5.75 Å². The fraction of sp³-hybridized carbons (Fsp3) is 0.133. The topological polar surface area (TPSA) is 9.23 Å². The molecule has 0 bridgehead atoms. The van der Waals surface area contributed by atoms with E-state index < -0.39 is 0 Å². The minimum Gasteiger partial charge on any atom is -0.491 e. The Morgan fingerprint density at radius 1 is 0.941 bits per heavy atom. The first-order valence-electron chi connectivity index (χ1n) is 5.34. The van der Waals surface area contributed by atoms with Gasteiger partial charge in [-0.3, -0.25) is 0 Å². The van der Waals surface area contributed by atoms with Crippen molar-refractivity contribution in [2.75, 3.05) is 0 Å². The summed E-state index contributed by atoms with van der Waals surface area (Å²) in [5.41, 5.74) is 3.46. The Morgan fingerprint density at radius 3 is 2.12 bits per heavy atom. The second-order valence-electron chi connectivity index (χ2n) is 3.92. The van der Waals surface area contributed by atoms with E-state index in [9.17, 15) is 0 Å². The average molecular weight is 395 g/mol. The molecular weight excluding hydrogens is 380 g/mol. The summed E-state index contributed by atoms with van der Waals surface area (Å²) in [4.78, 5) is 0. The number of aryl methyl sites for hydroxylation is 1. The Balaban J connectivity index is 0.00000144. The molecule has 0 saturated heterocycles. The van der Waals surface area contributed by atoms with Gasteiger partial charge in [0, 0.05) is 0 Å². The van der Waals surface area contributed by atoms with Gasteiger partial charge in [-0.1, -0.05) is 42.0 Å². The van der Waals surface area contributed by atoms with Crippen molar-refractivity contribution >= 4 is 0 Å². The third kappa shape index (κ3) is 4.28. The second-order valence-corrected chi connectivity index (χ2v) is 3.92. The molecule has 2 rings (SSSR count). The second kappa shape index (κ2) is 6.51. The summed E-state index contributed by atoms with van der Waals surface area (Å²) in [6.07, 6.45) is 0. The van der Waals surface area contributed by atoms with Gasteiger partial charge in [0.25, 0.3) is 0 Å². The van der Waals surface area contributed by atoms with Gasteiger partial charge >= 0.3 is 21.1 Å². The molecule has 1 nitrogen and oxygen atoms in total. The summed E-state index contributed by atoms with van der Waals surface area (Å²) in [7, 11) is 0. The van der Waals surface area contributed by atoms with E-state index in [1.165, 1.54) is 11.1 Å². The van der Waals surface area contributed by atoms with Gasteiger partial charge in [-0.25, -0.2) is 0 Å². The van der Waals surface area contributed by atoms with E-state index in [-0.39, 0.29) is 21.1 Å². The number of ether oxygens (including phenoxy) is 1. The molecule has 0 atom stereocenters. The van der Waals surface area contributed by atoms with Crippen LogP contribution in [0.1, 0.15) is 16.7 Å². The smallest absolute Gasteiger partial charge is 0.491 e. The zero-order chi connectivity index (χ0) is 11.4. The quantitative estimate of drug-likeness (QED) is 0.720. The predicted molar refractivity (Wildman–Crippen MR) is 66.4 cm³/mol. The maximum atomic E-state index is 5.66. The van der Waals surface area contributed by atoms with E-state index in [0.717, 1.165) is 11.3 Å². The minimum atomic E-state index is 0. The van der Waals surface area contributed by atoms with Crippen molar-refractivity contribution in [2.45, 2.75) is 13.5 Å². The van der Waals surface area contributed by atoms with E-state index in [1.54, 1.807) is 0 Å². The SMILES string of the molecule is [CH2-]c1ccc(OCc2ccc(C)cc2)cc1.[W+2]. The van der Waals surface area contributed by atoms with Gasteiger partial charge in [0.1, 0.15) is 6.61 Å². The van der Waals surface area contributed by atoms with E-state index in [0.29, 0.717) is 6.61 Å². The molecule has 0 amide bonds. The standard InChI is InChI=1S/C15H15O.W/c1-12-3-7-14(8-4-12)11-16-15-9-5-13(2)6-10-15;/h3-10H,2,11H2,1H3;/q-1;+2. The monoisotopic (exact) mass is 395 g/mol. The van der Waals surface area contributed by atoms with Crippen molar-refractivity contribution in [2.24, 2.45) is 0 Å². The molecule has 0 radical (unpaired) electrons. The van der Waals surface area contributed by atoms with Gasteiger partial charge < -0.3 is 4.74 Å². The van der Waals surface area contributed by atoms with Crippen LogP contribution >= 0.6 is 0 Å². The maximum Gasteiger partial charge on any atom is 2.00 e. The summed E-state index contributed by atoms with van der Waals surface area (Å²) in [5, 5.41) is 0. The van der Waals surface area contributed by atoms with Crippen LogP contribution in [0.4, 0.5) is 0 Å². The molecule has 2 aromatic rings. The average Bonchev–Trinajstić information content (AvgIpc) is 2.30. The summed E-state index contributed by atoms with van der Waals surface area (Å²) in [5.74, 6) is 0.882. The minimum absolute atomic E-state index is 0. The molecule has 0 spiro atoms. The van der Waals surface area contributed by atoms with Gasteiger partial charge in [0.2, 0.25) is 0 Å². The van der Waals surface area contributed by atoms with Gasteiger partial charge in [-0.15, -0.1) is 0 Å². The Kier molecular flexibility index (Phi) is 5.31. The third-order valence-corrected chi connectivity index (χ3v) is 2.45. The van der Waals surface area contributed by atoms with Crippen LogP contribution in [-0.2, 0) is 27.7 Å². The van der Waals surface area contributed by atoms with Crippen molar-refractivity contribution in [3.63, 3.8) is 0 Å². The summed E-state index contributed by atoms with van der Waals surface area (Å²) in [6, 6.07) is 16.1. The molecule has 0 aliphatic rings. The first kappa shape index (κ1) is 13.9. The molecule has 0 aliphatic carbocycles. The molecule has 0 unspecified atom stereocenters. The van der Waals surface area contributed by atoms with Crippen LogP contribution in [0.2, 0.25) is 0 Å². The molecular formula is C15H15OW+. The van der Waals surface area contributed by atoms with Gasteiger partial charge in [0.15, 0.2) is 0 Å². The van der Waals surface area contributed by atoms with Crippen molar-refractivity contribution in [3.8, 4) is 5.75 Å². The normalized spacial score (nSPS) is 9.47. The van der Waals surface area contributed by atoms with E-state index in [4.69, 9.17) is 4.74 Å². The number of hydrogen-bond donors (Lipinski definition) is 0. The van der Waals surface area contributed by atoms with Crippen molar-refractivity contribution in [1.82, 2.24) is 0 Å². The fourth-order valence-electron chi connectivity index (χ4n) is 1.44. The van der Waals surface area contributed by atoms with E-state index >= 15 is 0 Å². The van der Waals surface area contributed by atoms with Crippen LogP contribution in [0.25, 0.3) is 0 Å². The van der Waals surface area contributed by atoms with E-state index in [1.807, 2.05) is 24.3 Å².